The minimum Gasteiger partial charge on any atom is -0.481 e. The van der Waals surface area contributed by atoms with Crippen LogP contribution in [-0.2, 0) is 14.4 Å². The van der Waals surface area contributed by atoms with Gasteiger partial charge < -0.3 is 5.11 Å². The molecular weight excluding hydrogens is 270 g/mol. The predicted octanol–water partition coefficient (Wildman–Crippen LogP) is 1.68. The van der Waals surface area contributed by atoms with Gasteiger partial charge in [0.05, 0.1) is 11.8 Å². The van der Waals surface area contributed by atoms with Gasteiger partial charge in [-0.3, -0.25) is 19.3 Å². The second-order valence-corrected chi connectivity index (χ2v) is 6.65. The zero-order chi connectivity index (χ0) is 15.1. The number of imide groups is 1. The van der Waals surface area contributed by atoms with Gasteiger partial charge in [-0.25, -0.2) is 0 Å². The van der Waals surface area contributed by atoms with E-state index in [0.717, 1.165) is 6.42 Å². The van der Waals surface area contributed by atoms with Gasteiger partial charge in [0.1, 0.15) is 0 Å². The zero-order valence-corrected chi connectivity index (χ0v) is 12.2. The summed E-state index contributed by atoms with van der Waals surface area (Å²) in [5.41, 5.74) is 0. The highest BCUT2D eigenvalue weighted by Gasteiger charge is 2.58. The van der Waals surface area contributed by atoms with E-state index in [0.29, 0.717) is 19.4 Å². The molecule has 114 valence electrons. The first kappa shape index (κ1) is 14.3. The van der Waals surface area contributed by atoms with Crippen LogP contribution in [0, 0.1) is 29.6 Å². The lowest BCUT2D eigenvalue weighted by Gasteiger charge is -2.19. The van der Waals surface area contributed by atoms with E-state index in [2.05, 4.69) is 12.2 Å². The quantitative estimate of drug-likeness (QED) is 0.597. The van der Waals surface area contributed by atoms with E-state index in [9.17, 15) is 14.4 Å². The summed E-state index contributed by atoms with van der Waals surface area (Å²) in [6.07, 6.45) is 6.56. The number of aliphatic carboxylic acids is 1. The molecule has 2 fully saturated rings. The lowest BCUT2D eigenvalue weighted by Crippen LogP contribution is -2.34. The number of fused-ring (bicyclic) bond motifs is 5. The Morgan fingerprint density at radius 3 is 2.33 bits per heavy atom. The molecule has 1 N–H and O–H groups in total. The number of hydrogen-bond acceptors (Lipinski definition) is 3. The molecule has 0 aromatic carbocycles. The number of allylic oxidation sites excluding steroid dienone is 2. The lowest BCUT2D eigenvalue weighted by molar-refractivity contribution is -0.141. The predicted molar refractivity (Wildman–Crippen MR) is 75.1 cm³/mol. The summed E-state index contributed by atoms with van der Waals surface area (Å²) in [4.78, 5) is 36.9. The van der Waals surface area contributed by atoms with Crippen molar-refractivity contribution < 1.29 is 19.5 Å². The summed E-state index contributed by atoms with van der Waals surface area (Å²) >= 11 is 0. The van der Waals surface area contributed by atoms with Crippen molar-refractivity contribution in [2.75, 3.05) is 6.54 Å². The third-order valence-electron chi connectivity index (χ3n) is 5.26. The number of nitrogens with zero attached hydrogens (tertiary/aromatic N) is 1. The maximum Gasteiger partial charge on any atom is 0.303 e. The Kier molecular flexibility index (Phi) is 3.59. The van der Waals surface area contributed by atoms with Crippen LogP contribution in [0.2, 0.25) is 0 Å². The molecule has 0 spiro atoms. The zero-order valence-electron chi connectivity index (χ0n) is 12.2. The van der Waals surface area contributed by atoms with Crippen molar-refractivity contribution in [2.45, 2.75) is 32.6 Å². The van der Waals surface area contributed by atoms with Crippen LogP contribution in [0.5, 0.6) is 0 Å². The number of rotatable bonds is 6. The minimum atomic E-state index is -0.799. The molecule has 2 bridgehead atoms. The van der Waals surface area contributed by atoms with Gasteiger partial charge >= 0.3 is 5.97 Å². The summed E-state index contributed by atoms with van der Waals surface area (Å²) in [6.45, 7) is 2.41. The monoisotopic (exact) mass is 291 g/mol. The van der Waals surface area contributed by atoms with Crippen LogP contribution in [0.4, 0.5) is 0 Å². The SMILES string of the molecule is CC(CCC(=O)O)CCN1C(=O)C2C3C=CC(C3)C2C1=O. The van der Waals surface area contributed by atoms with Gasteiger partial charge in [-0.2, -0.15) is 0 Å². The number of carboxylic acids is 1. The highest BCUT2D eigenvalue weighted by atomic mass is 16.4. The number of carboxylic acid groups (broad SMARTS) is 1. The fourth-order valence-corrected chi connectivity index (χ4v) is 4.05. The van der Waals surface area contributed by atoms with E-state index >= 15 is 0 Å². The van der Waals surface area contributed by atoms with Gasteiger partial charge in [-0.15, -0.1) is 0 Å². The molecule has 2 amide bonds. The largest absolute Gasteiger partial charge is 0.481 e. The molecule has 1 aliphatic heterocycles. The topological polar surface area (TPSA) is 74.7 Å². The summed E-state index contributed by atoms with van der Waals surface area (Å²) in [6, 6.07) is 0. The molecule has 2 aliphatic carbocycles. The van der Waals surface area contributed by atoms with Crippen molar-refractivity contribution in [3.05, 3.63) is 12.2 Å². The van der Waals surface area contributed by atoms with Crippen molar-refractivity contribution in [1.29, 1.82) is 0 Å². The number of hydrogen-bond donors (Lipinski definition) is 1. The average Bonchev–Trinajstić information content (AvgIpc) is 3.10. The first-order valence-corrected chi connectivity index (χ1v) is 7.74. The van der Waals surface area contributed by atoms with E-state index in [4.69, 9.17) is 5.11 Å². The van der Waals surface area contributed by atoms with Crippen LogP contribution < -0.4 is 0 Å². The molecule has 21 heavy (non-hydrogen) atoms. The standard InChI is InChI=1S/C16H21NO4/c1-9(2-5-12(18)19)6-7-17-15(20)13-10-3-4-11(8-10)14(13)16(17)21/h3-4,9-11,13-14H,2,5-8H2,1H3,(H,18,19). The van der Waals surface area contributed by atoms with Crippen LogP contribution in [0.3, 0.4) is 0 Å². The molecule has 1 saturated heterocycles. The highest BCUT2D eigenvalue weighted by Crippen LogP contribution is 2.52. The van der Waals surface area contributed by atoms with Gasteiger partial charge in [0.15, 0.2) is 0 Å². The van der Waals surface area contributed by atoms with Gasteiger partial charge in [-0.05, 0) is 37.0 Å². The minimum absolute atomic E-state index is 0.00714. The van der Waals surface area contributed by atoms with Gasteiger partial charge in [0.2, 0.25) is 11.8 Å². The molecule has 5 nitrogen and oxygen atoms in total. The first-order valence-electron chi connectivity index (χ1n) is 7.74. The number of carbonyl (C=O) groups is 3. The Bertz CT molecular complexity index is 482. The molecule has 3 aliphatic rings. The molecule has 1 heterocycles. The van der Waals surface area contributed by atoms with Crippen LogP contribution >= 0.6 is 0 Å². The summed E-state index contributed by atoms with van der Waals surface area (Å²) < 4.78 is 0. The van der Waals surface area contributed by atoms with Crippen LogP contribution in [-0.4, -0.2) is 34.3 Å². The van der Waals surface area contributed by atoms with Crippen LogP contribution in [0.25, 0.3) is 0 Å². The summed E-state index contributed by atoms with van der Waals surface area (Å²) in [7, 11) is 0. The van der Waals surface area contributed by atoms with E-state index in [1.807, 2.05) is 6.92 Å². The number of carbonyl (C=O) groups excluding carboxylic acids is 2. The van der Waals surface area contributed by atoms with Crippen LogP contribution in [0.1, 0.15) is 32.6 Å². The third-order valence-corrected chi connectivity index (χ3v) is 5.26. The fraction of sp³-hybridized carbons (Fsp3) is 0.688. The third kappa shape index (κ3) is 2.39. The second-order valence-electron chi connectivity index (χ2n) is 6.65. The molecule has 0 aromatic rings. The number of likely N-dealkylation sites (tertiary alicyclic amines) is 1. The maximum atomic E-state index is 12.4. The Morgan fingerprint density at radius 2 is 1.81 bits per heavy atom. The summed E-state index contributed by atoms with van der Waals surface area (Å²) in [5, 5.41) is 8.67. The molecule has 5 atom stereocenters. The molecule has 5 unspecified atom stereocenters. The molecule has 5 heteroatoms. The van der Waals surface area contributed by atoms with Crippen molar-refractivity contribution in [3.8, 4) is 0 Å². The van der Waals surface area contributed by atoms with Gasteiger partial charge in [0.25, 0.3) is 0 Å². The van der Waals surface area contributed by atoms with Crippen molar-refractivity contribution in [2.24, 2.45) is 29.6 Å². The van der Waals surface area contributed by atoms with E-state index in [-0.39, 0.29) is 47.8 Å². The fourth-order valence-electron chi connectivity index (χ4n) is 4.05. The molecule has 1 saturated carbocycles. The van der Waals surface area contributed by atoms with Gasteiger partial charge in [0, 0.05) is 13.0 Å². The molecular formula is C16H21NO4. The smallest absolute Gasteiger partial charge is 0.303 e. The lowest BCUT2D eigenvalue weighted by atomic mass is 9.85. The second kappa shape index (κ2) is 5.28. The van der Waals surface area contributed by atoms with E-state index < -0.39 is 5.97 Å². The Morgan fingerprint density at radius 1 is 1.24 bits per heavy atom. The van der Waals surface area contributed by atoms with Gasteiger partial charge in [-0.1, -0.05) is 19.1 Å². The Balaban J connectivity index is 1.57. The van der Waals surface area contributed by atoms with Crippen molar-refractivity contribution in [1.82, 2.24) is 4.90 Å². The average molecular weight is 291 g/mol. The molecule has 0 radical (unpaired) electrons. The van der Waals surface area contributed by atoms with E-state index in [1.165, 1.54) is 4.90 Å². The van der Waals surface area contributed by atoms with Crippen LogP contribution in [0.15, 0.2) is 12.2 Å². The first-order chi connectivity index (χ1) is 9.99. The van der Waals surface area contributed by atoms with Crippen molar-refractivity contribution in [3.63, 3.8) is 0 Å². The normalized spacial score (nSPS) is 34.6. The maximum absolute atomic E-state index is 12.4. The molecule has 0 aromatic heterocycles. The Hall–Kier alpha value is -1.65. The highest BCUT2D eigenvalue weighted by molar-refractivity contribution is 6.06. The van der Waals surface area contributed by atoms with Crippen molar-refractivity contribution >= 4 is 17.8 Å². The number of amides is 2. The van der Waals surface area contributed by atoms with E-state index in [1.54, 1.807) is 0 Å². The molecule has 3 rings (SSSR count). The Labute approximate surface area is 124 Å². The summed E-state index contributed by atoms with van der Waals surface area (Å²) in [5.74, 6) is -0.343.